The Morgan fingerprint density at radius 2 is 2.13 bits per heavy atom. The lowest BCUT2D eigenvalue weighted by Crippen LogP contribution is -2.37. The molecule has 0 aliphatic carbocycles. The highest BCUT2D eigenvalue weighted by Crippen LogP contribution is 2.43. The number of aryl methyl sites for hydroxylation is 1. The molecular formula is C18H17N3O2. The van der Waals surface area contributed by atoms with E-state index in [1.165, 1.54) is 4.90 Å². The lowest BCUT2D eigenvalue weighted by Gasteiger charge is -2.25. The molecule has 5 nitrogen and oxygen atoms in total. The van der Waals surface area contributed by atoms with Crippen LogP contribution in [0.2, 0.25) is 0 Å². The van der Waals surface area contributed by atoms with E-state index >= 15 is 0 Å². The summed E-state index contributed by atoms with van der Waals surface area (Å²) >= 11 is 0. The summed E-state index contributed by atoms with van der Waals surface area (Å²) in [5, 5.41) is 0. The number of carbonyl (C=O) groups is 2. The van der Waals surface area contributed by atoms with Gasteiger partial charge >= 0.3 is 0 Å². The molecule has 5 heteroatoms. The molecule has 2 amide bonds. The second-order valence-corrected chi connectivity index (χ2v) is 6.09. The van der Waals surface area contributed by atoms with Crippen LogP contribution in [0.1, 0.15) is 11.4 Å². The van der Waals surface area contributed by atoms with Crippen molar-refractivity contribution in [2.75, 3.05) is 13.6 Å². The van der Waals surface area contributed by atoms with Gasteiger partial charge in [-0.15, -0.1) is 0 Å². The third-order valence-electron chi connectivity index (χ3n) is 4.68. The molecule has 0 bridgehead atoms. The Morgan fingerprint density at radius 1 is 1.30 bits per heavy atom. The van der Waals surface area contributed by atoms with E-state index in [0.29, 0.717) is 5.57 Å². The number of amides is 2. The largest absolute Gasteiger partial charge is 0.360 e. The van der Waals surface area contributed by atoms with Gasteiger partial charge in [0.1, 0.15) is 0 Å². The molecule has 23 heavy (non-hydrogen) atoms. The van der Waals surface area contributed by atoms with Gasteiger partial charge in [0.2, 0.25) is 5.91 Å². The van der Waals surface area contributed by atoms with Gasteiger partial charge in [0.25, 0.3) is 5.91 Å². The SMILES string of the molecule is Cc1cccc(C=CC2C3C(=O)N(C)C(=O)C3=C3C=CCN32)n1. The minimum atomic E-state index is -0.395. The highest BCUT2D eigenvalue weighted by Gasteiger charge is 2.53. The van der Waals surface area contributed by atoms with E-state index in [9.17, 15) is 9.59 Å². The molecule has 3 aliphatic rings. The van der Waals surface area contributed by atoms with Crippen LogP contribution in [-0.4, -0.2) is 46.2 Å². The van der Waals surface area contributed by atoms with Crippen molar-refractivity contribution in [3.63, 3.8) is 0 Å². The molecule has 1 aromatic rings. The first-order chi connectivity index (χ1) is 11.1. The molecule has 0 N–H and O–H groups in total. The van der Waals surface area contributed by atoms with Crippen molar-refractivity contribution >= 4 is 17.9 Å². The third kappa shape index (κ3) is 1.96. The van der Waals surface area contributed by atoms with E-state index in [2.05, 4.69) is 9.88 Å². The quantitative estimate of drug-likeness (QED) is 0.778. The average Bonchev–Trinajstić information content (AvgIpc) is 3.16. The predicted molar refractivity (Wildman–Crippen MR) is 85.9 cm³/mol. The van der Waals surface area contributed by atoms with Crippen molar-refractivity contribution < 1.29 is 9.59 Å². The maximum absolute atomic E-state index is 12.5. The Labute approximate surface area is 134 Å². The Hall–Kier alpha value is -2.69. The molecule has 0 aromatic carbocycles. The number of imide groups is 1. The first-order valence-corrected chi connectivity index (χ1v) is 7.69. The van der Waals surface area contributed by atoms with Gasteiger partial charge in [0.05, 0.1) is 23.2 Å². The van der Waals surface area contributed by atoms with Gasteiger partial charge in [-0.3, -0.25) is 19.5 Å². The van der Waals surface area contributed by atoms with Gasteiger partial charge < -0.3 is 4.90 Å². The summed E-state index contributed by atoms with van der Waals surface area (Å²) in [4.78, 5) is 32.6. The maximum atomic E-state index is 12.5. The Morgan fingerprint density at radius 3 is 2.91 bits per heavy atom. The number of nitrogens with zero attached hydrogens (tertiary/aromatic N) is 3. The first-order valence-electron chi connectivity index (χ1n) is 7.69. The van der Waals surface area contributed by atoms with Crippen LogP contribution in [-0.2, 0) is 9.59 Å². The third-order valence-corrected chi connectivity index (χ3v) is 4.68. The number of hydrogen-bond acceptors (Lipinski definition) is 4. The van der Waals surface area contributed by atoms with Crippen molar-refractivity contribution in [3.05, 3.63) is 59.1 Å². The Kier molecular flexibility index (Phi) is 2.98. The zero-order valence-corrected chi connectivity index (χ0v) is 13.1. The summed E-state index contributed by atoms with van der Waals surface area (Å²) < 4.78 is 0. The lowest BCUT2D eigenvalue weighted by molar-refractivity contribution is -0.137. The minimum Gasteiger partial charge on any atom is -0.360 e. The molecule has 0 saturated carbocycles. The van der Waals surface area contributed by atoms with Crippen molar-refractivity contribution in [2.45, 2.75) is 13.0 Å². The fourth-order valence-electron chi connectivity index (χ4n) is 3.58. The van der Waals surface area contributed by atoms with E-state index in [1.807, 2.05) is 49.4 Å². The molecule has 1 saturated heterocycles. The summed E-state index contributed by atoms with van der Waals surface area (Å²) in [7, 11) is 1.56. The van der Waals surface area contributed by atoms with Crippen molar-refractivity contribution in [2.24, 2.45) is 5.92 Å². The molecule has 2 atom stereocenters. The number of fused-ring (bicyclic) bond motifs is 2. The van der Waals surface area contributed by atoms with Crippen molar-refractivity contribution in [1.29, 1.82) is 0 Å². The summed E-state index contributed by atoms with van der Waals surface area (Å²) in [5.74, 6) is -0.684. The molecule has 116 valence electrons. The molecule has 0 radical (unpaired) electrons. The molecule has 4 rings (SSSR count). The summed E-state index contributed by atoms with van der Waals surface area (Å²) in [5.41, 5.74) is 3.34. The summed E-state index contributed by atoms with van der Waals surface area (Å²) in [6, 6.07) is 5.72. The zero-order chi connectivity index (χ0) is 16.1. The van der Waals surface area contributed by atoms with E-state index < -0.39 is 5.92 Å². The second kappa shape index (κ2) is 4.91. The van der Waals surface area contributed by atoms with Crippen LogP contribution in [0.5, 0.6) is 0 Å². The van der Waals surface area contributed by atoms with Crippen LogP contribution in [0, 0.1) is 12.8 Å². The smallest absolute Gasteiger partial charge is 0.259 e. The molecule has 1 fully saturated rings. The van der Waals surface area contributed by atoms with E-state index in [0.717, 1.165) is 23.6 Å². The van der Waals surface area contributed by atoms with Gasteiger partial charge in [0, 0.05) is 25.0 Å². The highest BCUT2D eigenvalue weighted by molar-refractivity contribution is 6.16. The van der Waals surface area contributed by atoms with Crippen LogP contribution >= 0.6 is 0 Å². The number of allylic oxidation sites excluding steroid dienone is 1. The highest BCUT2D eigenvalue weighted by atomic mass is 16.2. The summed E-state index contributed by atoms with van der Waals surface area (Å²) in [6.45, 7) is 2.68. The molecule has 4 heterocycles. The van der Waals surface area contributed by atoms with Gasteiger partial charge in [-0.25, -0.2) is 0 Å². The van der Waals surface area contributed by atoms with Crippen LogP contribution in [0.4, 0.5) is 0 Å². The predicted octanol–water partition coefficient (Wildman–Crippen LogP) is 1.53. The topological polar surface area (TPSA) is 53.5 Å². The molecule has 1 aromatic heterocycles. The van der Waals surface area contributed by atoms with Crippen molar-refractivity contribution in [1.82, 2.24) is 14.8 Å². The maximum Gasteiger partial charge on any atom is 0.259 e. The lowest BCUT2D eigenvalue weighted by atomic mass is 9.95. The zero-order valence-electron chi connectivity index (χ0n) is 13.1. The van der Waals surface area contributed by atoms with E-state index in [4.69, 9.17) is 0 Å². The molecule has 3 aliphatic heterocycles. The van der Waals surface area contributed by atoms with Gasteiger partial charge in [-0.1, -0.05) is 18.2 Å². The monoisotopic (exact) mass is 307 g/mol. The second-order valence-electron chi connectivity index (χ2n) is 6.09. The van der Waals surface area contributed by atoms with E-state index in [-0.39, 0.29) is 17.9 Å². The minimum absolute atomic E-state index is 0.118. The number of hydrogen-bond donors (Lipinski definition) is 0. The number of likely N-dealkylation sites (tertiary alicyclic amines) is 1. The average molecular weight is 307 g/mol. The molecule has 2 unspecified atom stereocenters. The normalized spacial score (nSPS) is 26.0. The molecule has 0 spiro atoms. The van der Waals surface area contributed by atoms with Crippen LogP contribution < -0.4 is 0 Å². The van der Waals surface area contributed by atoms with Crippen LogP contribution in [0.25, 0.3) is 6.08 Å². The van der Waals surface area contributed by atoms with Crippen molar-refractivity contribution in [3.8, 4) is 0 Å². The summed E-state index contributed by atoms with van der Waals surface area (Å²) in [6.07, 6.45) is 7.91. The molecular weight excluding hydrogens is 290 g/mol. The fourth-order valence-corrected chi connectivity index (χ4v) is 3.58. The van der Waals surface area contributed by atoms with E-state index in [1.54, 1.807) is 7.05 Å². The Bertz CT molecular complexity index is 806. The van der Waals surface area contributed by atoms with Gasteiger partial charge in [0.15, 0.2) is 0 Å². The number of aromatic nitrogens is 1. The van der Waals surface area contributed by atoms with Crippen LogP contribution in [0.3, 0.4) is 0 Å². The Balaban J connectivity index is 1.71. The van der Waals surface area contributed by atoms with Crippen LogP contribution in [0.15, 0.2) is 47.7 Å². The number of pyridine rings is 1. The number of carbonyl (C=O) groups excluding carboxylic acids is 2. The standard InChI is InChI=1S/C18H17N3O2/c1-11-5-3-6-12(19-11)8-9-14-16-15(13-7-4-10-21(13)14)17(22)20(2)18(16)23/h3-9,14,16H,10H2,1-2H3. The van der Waals surface area contributed by atoms with Gasteiger partial charge in [-0.05, 0) is 31.2 Å². The first kappa shape index (κ1) is 13.9. The fraction of sp³-hybridized carbons (Fsp3) is 0.278. The number of rotatable bonds is 2. The van der Waals surface area contributed by atoms with Gasteiger partial charge in [-0.2, -0.15) is 0 Å². The number of likely N-dealkylation sites (N-methyl/N-ethyl adjacent to an activating group) is 1.